The van der Waals surface area contributed by atoms with Gasteiger partial charge in [-0.25, -0.2) is 17.7 Å². The minimum absolute atomic E-state index is 0.160. The monoisotopic (exact) mass is 457 g/mol. The smallest absolute Gasteiger partial charge is 0.242 e. The van der Waals surface area contributed by atoms with Crippen LogP contribution in [0.2, 0.25) is 0 Å². The van der Waals surface area contributed by atoms with Gasteiger partial charge in [-0.2, -0.15) is 0 Å². The van der Waals surface area contributed by atoms with Crippen LogP contribution in [0, 0.1) is 0 Å². The van der Waals surface area contributed by atoms with Gasteiger partial charge in [0.2, 0.25) is 21.8 Å². The van der Waals surface area contributed by atoms with Crippen LogP contribution in [-0.2, 0) is 32.6 Å². The van der Waals surface area contributed by atoms with Crippen LogP contribution in [0.3, 0.4) is 0 Å². The van der Waals surface area contributed by atoms with E-state index in [9.17, 15) is 18.0 Å². The van der Waals surface area contributed by atoms with Gasteiger partial charge in [-0.05, 0) is 49.4 Å². The number of aromatic nitrogens is 2. The summed E-state index contributed by atoms with van der Waals surface area (Å²) < 4.78 is 28.0. The summed E-state index contributed by atoms with van der Waals surface area (Å²) in [5.41, 5.74) is 2.70. The Balaban J connectivity index is 1.72. The summed E-state index contributed by atoms with van der Waals surface area (Å²) in [6.45, 7) is 4.06. The Kier molecular flexibility index (Phi) is 6.95. The molecule has 0 fully saturated rings. The number of benzene rings is 2. The van der Waals surface area contributed by atoms with Gasteiger partial charge in [0.15, 0.2) is 0 Å². The second-order valence-electron chi connectivity index (χ2n) is 7.52. The fourth-order valence-corrected chi connectivity index (χ4v) is 4.29. The van der Waals surface area contributed by atoms with Crippen molar-refractivity contribution in [2.24, 2.45) is 0 Å². The van der Waals surface area contributed by atoms with Crippen LogP contribution in [0.15, 0.2) is 47.4 Å². The Labute approximate surface area is 187 Å². The fraction of sp³-hybridized carbons (Fsp3) is 0.318. The van der Waals surface area contributed by atoms with E-state index in [-0.39, 0.29) is 23.1 Å². The van der Waals surface area contributed by atoms with Gasteiger partial charge in [-0.15, -0.1) is 0 Å². The van der Waals surface area contributed by atoms with Gasteiger partial charge < -0.3 is 15.2 Å². The number of aryl methyl sites for hydroxylation is 2. The molecule has 2 aromatic carbocycles. The first kappa shape index (κ1) is 23.4. The molecule has 0 saturated heterocycles. The first-order valence-corrected chi connectivity index (χ1v) is 11.6. The number of rotatable bonds is 8. The molecule has 0 spiro atoms. The van der Waals surface area contributed by atoms with Gasteiger partial charge in [0.1, 0.15) is 5.82 Å². The second kappa shape index (κ2) is 9.49. The summed E-state index contributed by atoms with van der Waals surface area (Å²) in [5, 5.41) is 5.51. The number of carbonyl (C=O) groups is 2. The van der Waals surface area contributed by atoms with Crippen molar-refractivity contribution in [3.8, 4) is 0 Å². The first-order valence-electron chi connectivity index (χ1n) is 10.2. The summed E-state index contributed by atoms with van der Waals surface area (Å²) in [6.07, 6.45) is 0.633. The Morgan fingerprint density at radius 1 is 1.03 bits per heavy atom. The van der Waals surface area contributed by atoms with Gasteiger partial charge in [-0.3, -0.25) is 9.59 Å². The summed E-state index contributed by atoms with van der Waals surface area (Å²) in [4.78, 5) is 28.3. The highest BCUT2D eigenvalue weighted by Gasteiger charge is 2.19. The standard InChI is InChI=1S/C22H27N5O4S/c1-5-27-20-11-10-18(32(30,31)26(3)4)14-19(20)25-21(27)12-13-22(29)24-17-8-6-16(7-9-17)23-15(2)28/h6-11,14H,5,12-13H2,1-4H3,(H,23,28)(H,24,29). The van der Waals surface area contributed by atoms with Crippen LogP contribution in [0.1, 0.15) is 26.1 Å². The lowest BCUT2D eigenvalue weighted by Gasteiger charge is -2.11. The van der Waals surface area contributed by atoms with E-state index in [0.29, 0.717) is 29.9 Å². The average molecular weight is 458 g/mol. The summed E-state index contributed by atoms with van der Waals surface area (Å²) in [5.74, 6) is 0.396. The number of fused-ring (bicyclic) bond motifs is 1. The third-order valence-electron chi connectivity index (χ3n) is 4.96. The Bertz CT molecular complexity index is 1250. The fourth-order valence-electron chi connectivity index (χ4n) is 3.36. The maximum Gasteiger partial charge on any atom is 0.242 e. The zero-order chi connectivity index (χ0) is 23.5. The summed E-state index contributed by atoms with van der Waals surface area (Å²) in [6, 6.07) is 11.8. The van der Waals surface area contributed by atoms with E-state index in [0.717, 1.165) is 11.3 Å². The summed E-state index contributed by atoms with van der Waals surface area (Å²) in [7, 11) is -0.577. The molecule has 0 aliphatic rings. The van der Waals surface area contributed by atoms with Crippen molar-refractivity contribution < 1.29 is 18.0 Å². The molecule has 9 nitrogen and oxygen atoms in total. The van der Waals surface area contributed by atoms with E-state index in [2.05, 4.69) is 15.6 Å². The highest BCUT2D eigenvalue weighted by Crippen LogP contribution is 2.23. The van der Waals surface area contributed by atoms with Crippen LogP contribution in [0.25, 0.3) is 11.0 Å². The number of sulfonamides is 1. The molecule has 0 unspecified atom stereocenters. The van der Waals surface area contributed by atoms with Gasteiger partial charge in [0.25, 0.3) is 0 Å². The van der Waals surface area contributed by atoms with E-state index in [1.54, 1.807) is 42.5 Å². The predicted molar refractivity (Wildman–Crippen MR) is 124 cm³/mol. The molecule has 0 atom stereocenters. The van der Waals surface area contributed by atoms with Crippen LogP contribution in [0.5, 0.6) is 0 Å². The van der Waals surface area contributed by atoms with E-state index >= 15 is 0 Å². The number of carbonyl (C=O) groups excluding carboxylic acids is 2. The molecule has 170 valence electrons. The maximum atomic E-state index is 12.4. The number of hydrogen-bond acceptors (Lipinski definition) is 5. The lowest BCUT2D eigenvalue weighted by atomic mass is 10.2. The average Bonchev–Trinajstić information content (AvgIpc) is 3.09. The van der Waals surface area contributed by atoms with E-state index in [1.807, 2.05) is 11.5 Å². The highest BCUT2D eigenvalue weighted by molar-refractivity contribution is 7.89. The number of amides is 2. The van der Waals surface area contributed by atoms with Crippen molar-refractivity contribution in [3.63, 3.8) is 0 Å². The number of anilines is 2. The molecule has 1 heterocycles. The number of nitrogens with zero attached hydrogens (tertiary/aromatic N) is 3. The van der Waals surface area contributed by atoms with Gasteiger partial charge in [-0.1, -0.05) is 0 Å². The number of imidazole rings is 1. The van der Waals surface area contributed by atoms with E-state index in [4.69, 9.17) is 0 Å². The molecule has 10 heteroatoms. The molecule has 0 bridgehead atoms. The molecule has 3 aromatic rings. The van der Waals surface area contributed by atoms with E-state index in [1.165, 1.54) is 25.3 Å². The normalized spacial score (nSPS) is 11.7. The minimum atomic E-state index is -3.55. The molecule has 0 saturated carbocycles. The SMILES string of the molecule is CCn1c(CCC(=O)Nc2ccc(NC(C)=O)cc2)nc2cc(S(=O)(=O)N(C)C)ccc21. The summed E-state index contributed by atoms with van der Waals surface area (Å²) >= 11 is 0. The van der Waals surface area contributed by atoms with Crippen LogP contribution < -0.4 is 10.6 Å². The molecule has 2 amide bonds. The third kappa shape index (κ3) is 5.14. The molecule has 0 aliphatic carbocycles. The zero-order valence-corrected chi connectivity index (χ0v) is 19.4. The van der Waals surface area contributed by atoms with Crippen molar-refractivity contribution in [2.75, 3.05) is 24.7 Å². The molecule has 2 N–H and O–H groups in total. The lowest BCUT2D eigenvalue weighted by Crippen LogP contribution is -2.22. The lowest BCUT2D eigenvalue weighted by molar-refractivity contribution is -0.116. The molecular weight excluding hydrogens is 430 g/mol. The van der Waals surface area contributed by atoms with Crippen LogP contribution in [-0.4, -0.2) is 48.2 Å². The molecule has 32 heavy (non-hydrogen) atoms. The first-order chi connectivity index (χ1) is 15.1. The maximum absolute atomic E-state index is 12.4. The minimum Gasteiger partial charge on any atom is -0.328 e. The predicted octanol–water partition coefficient (Wildman–Crippen LogP) is 2.84. The molecule has 0 aliphatic heterocycles. The van der Waals surface area contributed by atoms with E-state index < -0.39 is 10.0 Å². The van der Waals surface area contributed by atoms with Crippen molar-refractivity contribution >= 4 is 44.2 Å². The van der Waals surface area contributed by atoms with Crippen molar-refractivity contribution in [2.45, 2.75) is 38.1 Å². The largest absolute Gasteiger partial charge is 0.328 e. The topological polar surface area (TPSA) is 113 Å². The molecule has 3 rings (SSSR count). The molecular formula is C22H27N5O4S. The quantitative estimate of drug-likeness (QED) is 0.540. The van der Waals surface area contributed by atoms with Crippen molar-refractivity contribution in [1.82, 2.24) is 13.9 Å². The molecule has 1 aromatic heterocycles. The zero-order valence-electron chi connectivity index (χ0n) is 18.5. The third-order valence-corrected chi connectivity index (χ3v) is 6.77. The second-order valence-corrected chi connectivity index (χ2v) is 9.67. The Hall–Kier alpha value is -3.24. The van der Waals surface area contributed by atoms with Crippen LogP contribution in [0.4, 0.5) is 11.4 Å². The number of hydrogen-bond donors (Lipinski definition) is 2. The Morgan fingerprint density at radius 3 is 2.22 bits per heavy atom. The van der Waals surface area contributed by atoms with Crippen molar-refractivity contribution in [3.05, 3.63) is 48.3 Å². The molecule has 0 radical (unpaired) electrons. The Morgan fingerprint density at radius 2 is 1.66 bits per heavy atom. The van der Waals surface area contributed by atoms with Gasteiger partial charge in [0.05, 0.1) is 15.9 Å². The van der Waals surface area contributed by atoms with Crippen molar-refractivity contribution in [1.29, 1.82) is 0 Å². The van der Waals surface area contributed by atoms with Gasteiger partial charge >= 0.3 is 0 Å². The highest BCUT2D eigenvalue weighted by atomic mass is 32.2. The van der Waals surface area contributed by atoms with Gasteiger partial charge in [0, 0.05) is 51.8 Å². The number of nitrogens with one attached hydrogen (secondary N) is 2. The van der Waals surface area contributed by atoms with Crippen LogP contribution >= 0.6 is 0 Å².